The minimum Gasteiger partial charge on any atom is -0.378 e. The van der Waals surface area contributed by atoms with E-state index in [0.29, 0.717) is 13.0 Å². The number of alkyl halides is 1. The van der Waals surface area contributed by atoms with Gasteiger partial charge >= 0.3 is 0 Å². The van der Waals surface area contributed by atoms with Crippen molar-refractivity contribution < 1.29 is 9.13 Å². The molecular formula is C5H11ClFNO. The third kappa shape index (κ3) is 2.47. The highest BCUT2D eigenvalue weighted by molar-refractivity contribution is 5.85. The van der Waals surface area contributed by atoms with Crippen molar-refractivity contribution in [3.8, 4) is 0 Å². The Morgan fingerprint density at radius 2 is 2.22 bits per heavy atom. The van der Waals surface area contributed by atoms with E-state index in [4.69, 9.17) is 10.5 Å². The van der Waals surface area contributed by atoms with E-state index in [1.807, 2.05) is 0 Å². The van der Waals surface area contributed by atoms with E-state index in [9.17, 15) is 4.39 Å². The Morgan fingerprint density at radius 1 is 1.56 bits per heavy atom. The van der Waals surface area contributed by atoms with Crippen molar-refractivity contribution in [2.24, 2.45) is 5.73 Å². The molecule has 56 valence electrons. The molecule has 0 spiro atoms. The summed E-state index contributed by atoms with van der Waals surface area (Å²) < 4.78 is 17.1. The maximum Gasteiger partial charge on any atom is 0.138 e. The Labute approximate surface area is 60.0 Å². The van der Waals surface area contributed by atoms with Crippen LogP contribution in [0.3, 0.4) is 0 Å². The second-order valence-electron chi connectivity index (χ2n) is 2.04. The molecule has 1 aliphatic heterocycles. The Balaban J connectivity index is 0.000000640. The average molecular weight is 156 g/mol. The number of hydrogen-bond donors (Lipinski definition) is 1. The first-order valence-electron chi connectivity index (χ1n) is 2.78. The molecule has 9 heavy (non-hydrogen) atoms. The highest BCUT2D eigenvalue weighted by Crippen LogP contribution is 2.07. The molecule has 0 saturated carbocycles. The second-order valence-corrected chi connectivity index (χ2v) is 2.04. The zero-order chi connectivity index (χ0) is 5.98. The summed E-state index contributed by atoms with van der Waals surface area (Å²) in [6, 6.07) is -0.288. The van der Waals surface area contributed by atoms with E-state index in [1.54, 1.807) is 0 Å². The Bertz CT molecular complexity index is 73.4. The van der Waals surface area contributed by atoms with Gasteiger partial charge < -0.3 is 10.5 Å². The summed E-state index contributed by atoms with van der Waals surface area (Å²) in [5.74, 6) is 0. The SMILES string of the molecule is Cl.N[C@H]1CCOC[C@H]1F. The van der Waals surface area contributed by atoms with Crippen LogP contribution >= 0.6 is 12.4 Å². The third-order valence-electron chi connectivity index (χ3n) is 1.34. The van der Waals surface area contributed by atoms with Crippen LogP contribution in [0.5, 0.6) is 0 Å². The minimum absolute atomic E-state index is 0. The lowest BCUT2D eigenvalue weighted by molar-refractivity contribution is 0.0238. The van der Waals surface area contributed by atoms with Crippen LogP contribution in [-0.2, 0) is 4.74 Å². The minimum atomic E-state index is -0.941. The van der Waals surface area contributed by atoms with Gasteiger partial charge in [0.25, 0.3) is 0 Å². The van der Waals surface area contributed by atoms with Gasteiger partial charge in [-0.05, 0) is 6.42 Å². The van der Waals surface area contributed by atoms with Crippen LogP contribution in [0.2, 0.25) is 0 Å². The van der Waals surface area contributed by atoms with Crippen LogP contribution in [0.4, 0.5) is 4.39 Å². The van der Waals surface area contributed by atoms with Crippen LogP contribution in [0, 0.1) is 0 Å². The van der Waals surface area contributed by atoms with E-state index < -0.39 is 6.17 Å². The van der Waals surface area contributed by atoms with Crippen LogP contribution < -0.4 is 5.73 Å². The van der Waals surface area contributed by atoms with Gasteiger partial charge in [-0.25, -0.2) is 4.39 Å². The maximum atomic E-state index is 12.3. The molecule has 0 aromatic heterocycles. The van der Waals surface area contributed by atoms with Crippen LogP contribution in [-0.4, -0.2) is 25.4 Å². The molecule has 1 saturated heterocycles. The van der Waals surface area contributed by atoms with Gasteiger partial charge in [0.05, 0.1) is 6.61 Å². The molecule has 0 unspecified atom stereocenters. The molecule has 0 radical (unpaired) electrons. The van der Waals surface area contributed by atoms with Crippen molar-refractivity contribution in [3.05, 3.63) is 0 Å². The Hall–Kier alpha value is 0.140. The molecule has 0 aliphatic carbocycles. The normalized spacial score (nSPS) is 35.3. The predicted octanol–water partition coefficient (Wildman–Crippen LogP) is 0.494. The topological polar surface area (TPSA) is 35.2 Å². The van der Waals surface area contributed by atoms with E-state index in [1.165, 1.54) is 0 Å². The Kier molecular flexibility index (Phi) is 4.10. The zero-order valence-electron chi connectivity index (χ0n) is 5.05. The fourth-order valence-corrected chi connectivity index (χ4v) is 0.720. The number of halogens is 2. The fourth-order valence-electron chi connectivity index (χ4n) is 0.720. The van der Waals surface area contributed by atoms with Crippen molar-refractivity contribution in [3.63, 3.8) is 0 Å². The number of ether oxygens (including phenoxy) is 1. The molecule has 2 atom stereocenters. The molecular weight excluding hydrogens is 145 g/mol. The van der Waals surface area contributed by atoms with E-state index in [-0.39, 0.29) is 25.1 Å². The molecule has 0 aromatic carbocycles. The van der Waals surface area contributed by atoms with Gasteiger partial charge in [-0.15, -0.1) is 12.4 Å². The summed E-state index contributed by atoms with van der Waals surface area (Å²) in [4.78, 5) is 0. The van der Waals surface area contributed by atoms with Gasteiger partial charge in [-0.3, -0.25) is 0 Å². The summed E-state index contributed by atoms with van der Waals surface area (Å²) in [7, 11) is 0. The molecule has 2 N–H and O–H groups in total. The van der Waals surface area contributed by atoms with Crippen molar-refractivity contribution in [2.45, 2.75) is 18.6 Å². The van der Waals surface area contributed by atoms with Crippen LogP contribution in [0.25, 0.3) is 0 Å². The number of rotatable bonds is 0. The van der Waals surface area contributed by atoms with Gasteiger partial charge in [0.1, 0.15) is 6.17 Å². The highest BCUT2D eigenvalue weighted by Gasteiger charge is 2.20. The first kappa shape index (κ1) is 9.14. The molecule has 0 aromatic rings. The average Bonchev–Trinajstić information content (AvgIpc) is 1.77. The largest absolute Gasteiger partial charge is 0.378 e. The molecule has 4 heteroatoms. The monoisotopic (exact) mass is 155 g/mol. The first-order valence-corrected chi connectivity index (χ1v) is 2.78. The molecule has 1 rings (SSSR count). The van der Waals surface area contributed by atoms with Crippen molar-refractivity contribution in [1.29, 1.82) is 0 Å². The van der Waals surface area contributed by atoms with Gasteiger partial charge in [-0.1, -0.05) is 0 Å². The molecule has 2 nitrogen and oxygen atoms in total. The smallest absolute Gasteiger partial charge is 0.138 e. The second kappa shape index (κ2) is 4.04. The highest BCUT2D eigenvalue weighted by atomic mass is 35.5. The summed E-state index contributed by atoms with van der Waals surface area (Å²) in [6.07, 6.45) is -0.287. The van der Waals surface area contributed by atoms with Crippen LogP contribution in [0.15, 0.2) is 0 Å². The lowest BCUT2D eigenvalue weighted by Crippen LogP contribution is -2.39. The number of hydrogen-bond acceptors (Lipinski definition) is 2. The van der Waals surface area contributed by atoms with Crippen molar-refractivity contribution in [1.82, 2.24) is 0 Å². The summed E-state index contributed by atoms with van der Waals surface area (Å²) in [6.45, 7) is 0.794. The standard InChI is InChI=1S/C5H10FNO.ClH/c6-4-3-8-2-1-5(4)7;/h4-5H,1-3,7H2;1H/t4-,5+;/m1./s1. The van der Waals surface area contributed by atoms with Gasteiger partial charge in [0.15, 0.2) is 0 Å². The summed E-state index contributed by atoms with van der Waals surface area (Å²) in [5, 5.41) is 0. The van der Waals surface area contributed by atoms with Gasteiger partial charge in [-0.2, -0.15) is 0 Å². The van der Waals surface area contributed by atoms with Gasteiger partial charge in [0.2, 0.25) is 0 Å². The lowest BCUT2D eigenvalue weighted by atomic mass is 10.1. The van der Waals surface area contributed by atoms with E-state index >= 15 is 0 Å². The quantitative estimate of drug-likeness (QED) is 0.553. The fraction of sp³-hybridized carbons (Fsp3) is 1.00. The molecule has 0 amide bonds. The molecule has 1 aliphatic rings. The predicted molar refractivity (Wildman–Crippen MR) is 35.6 cm³/mol. The molecule has 1 fully saturated rings. The third-order valence-corrected chi connectivity index (χ3v) is 1.34. The van der Waals surface area contributed by atoms with Crippen LogP contribution in [0.1, 0.15) is 6.42 Å². The van der Waals surface area contributed by atoms with Gasteiger partial charge in [0, 0.05) is 12.6 Å². The van der Waals surface area contributed by atoms with E-state index in [0.717, 1.165) is 0 Å². The Morgan fingerprint density at radius 3 is 2.56 bits per heavy atom. The maximum absolute atomic E-state index is 12.3. The zero-order valence-corrected chi connectivity index (χ0v) is 5.86. The summed E-state index contributed by atoms with van der Waals surface area (Å²) >= 11 is 0. The van der Waals surface area contributed by atoms with E-state index in [2.05, 4.69) is 0 Å². The first-order chi connectivity index (χ1) is 3.80. The number of nitrogens with two attached hydrogens (primary N) is 1. The molecule has 0 bridgehead atoms. The van der Waals surface area contributed by atoms with Crippen molar-refractivity contribution in [2.75, 3.05) is 13.2 Å². The molecule has 1 heterocycles. The summed E-state index contributed by atoms with van der Waals surface area (Å²) in [5.41, 5.74) is 5.32. The van der Waals surface area contributed by atoms with Crippen molar-refractivity contribution >= 4 is 12.4 Å². The lowest BCUT2D eigenvalue weighted by Gasteiger charge is -2.21.